The van der Waals surface area contributed by atoms with Crippen molar-refractivity contribution < 1.29 is 24.0 Å². The smallest absolute Gasteiger partial charge is 0.336 e. The molecule has 0 aliphatic carbocycles. The predicted molar refractivity (Wildman–Crippen MR) is 115 cm³/mol. The van der Waals surface area contributed by atoms with Crippen LogP contribution in [0.3, 0.4) is 0 Å². The lowest BCUT2D eigenvalue weighted by atomic mass is 10.1. The van der Waals surface area contributed by atoms with Crippen LogP contribution in [0.1, 0.15) is 23.6 Å². The molecule has 0 bridgehead atoms. The monoisotopic (exact) mass is 412 g/mol. The van der Waals surface area contributed by atoms with Gasteiger partial charge in [0.25, 0.3) is 5.91 Å². The number of rotatable bonds is 7. The Morgan fingerprint density at radius 3 is 2.20 bits per heavy atom. The van der Waals surface area contributed by atoms with Crippen LogP contribution in [0.4, 0.5) is 10.5 Å². The zero-order chi connectivity index (χ0) is 22.0. The van der Waals surface area contributed by atoms with Crippen LogP contribution in [0.5, 0.6) is 11.5 Å². The van der Waals surface area contributed by atoms with Crippen molar-refractivity contribution >= 4 is 17.6 Å². The van der Waals surface area contributed by atoms with E-state index in [0.717, 1.165) is 27.3 Å². The molecule has 160 valence electrons. The van der Waals surface area contributed by atoms with E-state index in [1.807, 2.05) is 57.3 Å². The molecule has 1 unspecified atom stereocenters. The molecule has 0 spiro atoms. The summed E-state index contributed by atoms with van der Waals surface area (Å²) in [5.41, 5.74) is 3.99. The molecule has 30 heavy (non-hydrogen) atoms. The van der Waals surface area contributed by atoms with Gasteiger partial charge in [0, 0.05) is 11.3 Å². The summed E-state index contributed by atoms with van der Waals surface area (Å²) in [4.78, 5) is 29.8. The number of hydrogen-bond acceptors (Lipinski definition) is 4. The molecular weight excluding hydrogens is 382 g/mol. The third-order valence-electron chi connectivity index (χ3n) is 5.52. The predicted octanol–water partition coefficient (Wildman–Crippen LogP) is 2.15. The van der Waals surface area contributed by atoms with Crippen LogP contribution in [0.2, 0.25) is 0 Å². The van der Waals surface area contributed by atoms with E-state index in [9.17, 15) is 9.59 Å². The highest BCUT2D eigenvalue weighted by Crippen LogP contribution is 2.30. The van der Waals surface area contributed by atoms with Crippen LogP contribution >= 0.6 is 0 Å². The van der Waals surface area contributed by atoms with Gasteiger partial charge in [0.15, 0.2) is 18.2 Å². The number of nitrogens with zero attached hydrogens (tertiary/aromatic N) is 2. The highest BCUT2D eigenvalue weighted by Gasteiger charge is 2.44. The SMILES string of the molecule is COc1cc(C)c(C[NH+](C)CN2C(=O)[C@H](C)N(c3ccc(C)cc3)C2=O)cc1OC. The molecule has 7 nitrogen and oxygen atoms in total. The van der Waals surface area contributed by atoms with E-state index in [1.54, 1.807) is 26.0 Å². The number of imide groups is 1. The van der Waals surface area contributed by atoms with Crippen molar-refractivity contribution in [1.29, 1.82) is 0 Å². The zero-order valence-corrected chi connectivity index (χ0v) is 18.5. The Morgan fingerprint density at radius 2 is 1.60 bits per heavy atom. The molecule has 2 atom stereocenters. The van der Waals surface area contributed by atoms with Crippen molar-refractivity contribution in [2.75, 3.05) is 32.8 Å². The Labute approximate surface area is 177 Å². The standard InChI is InChI=1S/C23H29N3O4/c1-15-7-9-19(10-8-15)26-17(3)22(27)25(23(26)28)14-24(4)13-18-12-21(30-6)20(29-5)11-16(18)2/h7-12,17H,13-14H2,1-6H3/p+1/t17-/m0/s1. The number of nitrogens with one attached hydrogen (secondary N) is 1. The summed E-state index contributed by atoms with van der Waals surface area (Å²) in [6.07, 6.45) is 0. The van der Waals surface area contributed by atoms with E-state index < -0.39 is 6.04 Å². The minimum absolute atomic E-state index is 0.177. The summed E-state index contributed by atoms with van der Waals surface area (Å²) in [5, 5.41) is 0. The molecule has 2 aromatic carbocycles. The largest absolute Gasteiger partial charge is 0.493 e. The van der Waals surface area contributed by atoms with Gasteiger partial charge in [-0.25, -0.2) is 9.69 Å². The number of methoxy groups -OCH3 is 2. The second kappa shape index (κ2) is 8.75. The maximum atomic E-state index is 13.0. The molecule has 3 amide bonds. The number of urea groups is 1. The van der Waals surface area contributed by atoms with Crippen molar-refractivity contribution in [3.8, 4) is 11.5 Å². The number of aryl methyl sites for hydroxylation is 2. The first-order valence-electron chi connectivity index (χ1n) is 10.0. The molecule has 2 aromatic rings. The first-order valence-corrected chi connectivity index (χ1v) is 10.0. The summed E-state index contributed by atoms with van der Waals surface area (Å²) in [6.45, 7) is 6.71. The number of carbonyl (C=O) groups is 2. The Kier molecular flexibility index (Phi) is 6.31. The Balaban J connectivity index is 1.75. The number of carbonyl (C=O) groups excluding carboxylic acids is 2. The third-order valence-corrected chi connectivity index (χ3v) is 5.52. The molecular formula is C23H30N3O4+. The van der Waals surface area contributed by atoms with Gasteiger partial charge >= 0.3 is 6.03 Å². The van der Waals surface area contributed by atoms with Gasteiger partial charge in [0.1, 0.15) is 12.6 Å². The van der Waals surface area contributed by atoms with Gasteiger partial charge in [-0.3, -0.25) is 9.69 Å². The van der Waals surface area contributed by atoms with E-state index in [2.05, 4.69) is 0 Å². The van der Waals surface area contributed by atoms with Crippen LogP contribution in [0, 0.1) is 13.8 Å². The number of ether oxygens (including phenoxy) is 2. The van der Waals surface area contributed by atoms with E-state index in [1.165, 1.54) is 4.90 Å². The van der Waals surface area contributed by atoms with Crippen molar-refractivity contribution in [2.45, 2.75) is 33.4 Å². The quantitative estimate of drug-likeness (QED) is 0.708. The molecule has 1 saturated heterocycles. The van der Waals surface area contributed by atoms with Crippen molar-refractivity contribution in [3.05, 3.63) is 53.1 Å². The fraction of sp³-hybridized carbons (Fsp3) is 0.391. The number of quaternary nitrogens is 1. The van der Waals surface area contributed by atoms with Crippen LogP contribution < -0.4 is 19.3 Å². The van der Waals surface area contributed by atoms with Crippen molar-refractivity contribution in [3.63, 3.8) is 0 Å². The normalized spacial score (nSPS) is 17.5. The maximum absolute atomic E-state index is 13.0. The lowest BCUT2D eigenvalue weighted by Crippen LogP contribution is -3.09. The van der Waals surface area contributed by atoms with Gasteiger partial charge in [-0.1, -0.05) is 17.7 Å². The summed E-state index contributed by atoms with van der Waals surface area (Å²) < 4.78 is 10.8. The lowest BCUT2D eigenvalue weighted by molar-refractivity contribution is -0.901. The van der Waals surface area contributed by atoms with Gasteiger partial charge in [-0.15, -0.1) is 0 Å². The molecule has 0 saturated carbocycles. The van der Waals surface area contributed by atoms with E-state index in [4.69, 9.17) is 9.47 Å². The van der Waals surface area contributed by atoms with Crippen LogP contribution in [0.15, 0.2) is 36.4 Å². The Morgan fingerprint density at radius 1 is 1.00 bits per heavy atom. The van der Waals surface area contributed by atoms with Crippen molar-refractivity contribution in [1.82, 2.24) is 4.90 Å². The summed E-state index contributed by atoms with van der Waals surface area (Å²) in [5.74, 6) is 1.17. The van der Waals surface area contributed by atoms with Gasteiger partial charge in [-0.05, 0) is 50.6 Å². The van der Waals surface area contributed by atoms with Gasteiger partial charge < -0.3 is 14.4 Å². The number of benzene rings is 2. The molecule has 0 radical (unpaired) electrons. The number of hydrogen-bond donors (Lipinski definition) is 1. The average molecular weight is 413 g/mol. The zero-order valence-electron chi connectivity index (χ0n) is 18.5. The highest BCUT2D eigenvalue weighted by atomic mass is 16.5. The molecule has 7 heteroatoms. The fourth-order valence-electron chi connectivity index (χ4n) is 3.78. The second-order valence-electron chi connectivity index (χ2n) is 7.86. The molecule has 0 aromatic heterocycles. The molecule has 1 N–H and O–H groups in total. The van der Waals surface area contributed by atoms with Crippen LogP contribution in [-0.4, -0.2) is 50.8 Å². The van der Waals surface area contributed by atoms with Crippen molar-refractivity contribution in [2.24, 2.45) is 0 Å². The Hall–Kier alpha value is -3.06. The summed E-state index contributed by atoms with van der Waals surface area (Å²) in [6, 6.07) is 10.7. The van der Waals surface area contributed by atoms with E-state index in [0.29, 0.717) is 18.0 Å². The first-order chi connectivity index (χ1) is 14.3. The molecule has 1 heterocycles. The molecule has 1 aliphatic heterocycles. The minimum Gasteiger partial charge on any atom is -0.493 e. The number of amides is 3. The first kappa shape index (κ1) is 21.6. The van der Waals surface area contributed by atoms with Crippen LogP contribution in [-0.2, 0) is 11.3 Å². The van der Waals surface area contributed by atoms with Gasteiger partial charge in [0.05, 0.1) is 21.3 Å². The van der Waals surface area contributed by atoms with Crippen LogP contribution in [0.25, 0.3) is 0 Å². The highest BCUT2D eigenvalue weighted by molar-refractivity contribution is 6.13. The molecule has 1 aliphatic rings. The van der Waals surface area contributed by atoms with E-state index in [-0.39, 0.29) is 18.6 Å². The maximum Gasteiger partial charge on any atom is 0.336 e. The topological polar surface area (TPSA) is 63.5 Å². The average Bonchev–Trinajstić information content (AvgIpc) is 2.93. The lowest BCUT2D eigenvalue weighted by Gasteiger charge is -2.22. The van der Waals surface area contributed by atoms with Gasteiger partial charge in [-0.2, -0.15) is 0 Å². The minimum atomic E-state index is -0.518. The van der Waals surface area contributed by atoms with E-state index >= 15 is 0 Å². The fourth-order valence-corrected chi connectivity index (χ4v) is 3.78. The summed E-state index contributed by atoms with van der Waals surface area (Å²) >= 11 is 0. The second-order valence-corrected chi connectivity index (χ2v) is 7.86. The molecule has 3 rings (SSSR count). The summed E-state index contributed by atoms with van der Waals surface area (Å²) in [7, 11) is 5.19. The van der Waals surface area contributed by atoms with Gasteiger partial charge in [0.2, 0.25) is 0 Å². The number of anilines is 1. The molecule has 1 fully saturated rings. The third kappa shape index (κ3) is 4.11. The Bertz CT molecular complexity index is 942.